The van der Waals surface area contributed by atoms with Crippen LogP contribution in [0.4, 0.5) is 36.2 Å². The van der Waals surface area contributed by atoms with Crippen molar-refractivity contribution in [2.45, 2.75) is 57.5 Å². The van der Waals surface area contributed by atoms with Gasteiger partial charge >= 0.3 is 18.1 Å². The monoisotopic (exact) mass is 866 g/mol. The molecule has 9 rings (SSSR count). The molecule has 2 saturated carbocycles. The van der Waals surface area contributed by atoms with E-state index in [4.69, 9.17) is 0 Å². The summed E-state index contributed by atoms with van der Waals surface area (Å²) >= 11 is 3.58. The highest BCUT2D eigenvalue weighted by atomic mass is 79.9. The van der Waals surface area contributed by atoms with E-state index < -0.39 is 23.7 Å². The van der Waals surface area contributed by atoms with Gasteiger partial charge in [-0.2, -0.15) is 13.2 Å². The zero-order valence-electron chi connectivity index (χ0n) is 32.7. The average Bonchev–Trinajstić information content (AvgIpc) is 4.15. The van der Waals surface area contributed by atoms with Crippen LogP contribution in [0.25, 0.3) is 32.9 Å². The minimum Gasteiger partial charge on any atom is -0.478 e. The lowest BCUT2D eigenvalue weighted by atomic mass is 9.96. The fourth-order valence-electron chi connectivity index (χ4n) is 7.19. The Balaban J connectivity index is 0.000000180. The molecule has 4 N–H and O–H groups in total. The summed E-state index contributed by atoms with van der Waals surface area (Å²) in [6.45, 7) is 4.00. The lowest BCUT2D eigenvalue weighted by molar-refractivity contribution is -0.137. The molecule has 14 heteroatoms. The van der Waals surface area contributed by atoms with E-state index in [1.54, 1.807) is 60.5 Å². The SMILES string of the molecule is CC.Cn1ccc2cc(Nc3ncc(C4CC4)cc3C(=O)O)cc(-c3ccccc3C(F)(F)F)c21.Cn1ccc2cc(Nc3ncc(C4CC4)cc3C(=O)O)cc(Br)c21. The van der Waals surface area contributed by atoms with Crippen molar-refractivity contribution in [2.24, 2.45) is 14.1 Å². The Hall–Kier alpha value is -6.15. The maximum absolute atomic E-state index is 13.8. The molecule has 0 radical (unpaired) electrons. The summed E-state index contributed by atoms with van der Waals surface area (Å²) in [5.41, 5.74) is 4.84. The van der Waals surface area contributed by atoms with Crippen LogP contribution in [0.3, 0.4) is 0 Å². The molecule has 10 nitrogen and oxygen atoms in total. The summed E-state index contributed by atoms with van der Waals surface area (Å²) in [6, 6.07) is 19.9. The number of nitrogens with one attached hydrogen (secondary N) is 2. The highest BCUT2D eigenvalue weighted by molar-refractivity contribution is 9.10. The Kier molecular flexibility index (Phi) is 11.5. The third kappa shape index (κ3) is 8.82. The average molecular weight is 868 g/mol. The van der Waals surface area contributed by atoms with E-state index in [0.29, 0.717) is 34.4 Å². The van der Waals surface area contributed by atoms with Gasteiger partial charge in [0.25, 0.3) is 0 Å². The van der Waals surface area contributed by atoms with Crippen LogP contribution in [0.1, 0.15) is 88.8 Å². The van der Waals surface area contributed by atoms with E-state index in [0.717, 1.165) is 69.3 Å². The molecule has 0 unspecified atom stereocenters. The number of hydrogen-bond donors (Lipinski definition) is 4. The summed E-state index contributed by atoms with van der Waals surface area (Å²) < 4.78 is 46.0. The molecular formula is C45H42BrF3N6O4. The van der Waals surface area contributed by atoms with E-state index in [-0.39, 0.29) is 22.5 Å². The fourth-order valence-corrected chi connectivity index (χ4v) is 7.94. The van der Waals surface area contributed by atoms with E-state index in [9.17, 15) is 33.0 Å². The molecule has 0 amide bonds. The Morgan fingerprint density at radius 3 is 1.66 bits per heavy atom. The van der Waals surface area contributed by atoms with Crippen LogP contribution in [0.5, 0.6) is 0 Å². The van der Waals surface area contributed by atoms with Crippen molar-refractivity contribution in [2.75, 3.05) is 10.6 Å². The first kappa shape index (κ1) is 41.0. The summed E-state index contributed by atoms with van der Waals surface area (Å²) in [4.78, 5) is 32.1. The molecule has 304 valence electrons. The number of carboxylic acid groups (broad SMARTS) is 2. The topological polar surface area (TPSA) is 134 Å². The third-order valence-electron chi connectivity index (χ3n) is 10.3. The van der Waals surface area contributed by atoms with Crippen LogP contribution in [0, 0.1) is 0 Å². The largest absolute Gasteiger partial charge is 0.478 e. The number of rotatable bonds is 9. The molecule has 2 aliphatic carbocycles. The number of anilines is 4. The molecule has 0 atom stereocenters. The van der Waals surface area contributed by atoms with E-state index >= 15 is 0 Å². The lowest BCUT2D eigenvalue weighted by Gasteiger charge is -2.17. The van der Waals surface area contributed by atoms with Crippen molar-refractivity contribution in [1.29, 1.82) is 0 Å². The van der Waals surface area contributed by atoms with Gasteiger partial charge in [0.1, 0.15) is 22.8 Å². The predicted molar refractivity (Wildman–Crippen MR) is 228 cm³/mol. The van der Waals surface area contributed by atoms with Crippen molar-refractivity contribution in [3.05, 3.63) is 130 Å². The van der Waals surface area contributed by atoms with Crippen molar-refractivity contribution in [3.8, 4) is 11.1 Å². The van der Waals surface area contributed by atoms with Crippen LogP contribution >= 0.6 is 15.9 Å². The number of carbonyl (C=O) groups is 2. The van der Waals surface area contributed by atoms with Gasteiger partial charge < -0.3 is 30.0 Å². The van der Waals surface area contributed by atoms with Gasteiger partial charge in [0, 0.05) is 71.1 Å². The number of carboxylic acids is 2. The molecule has 59 heavy (non-hydrogen) atoms. The predicted octanol–water partition coefficient (Wildman–Crippen LogP) is 12.3. The van der Waals surface area contributed by atoms with Crippen LogP contribution in [0.15, 0.2) is 102 Å². The molecule has 3 aromatic carbocycles. The normalized spacial score (nSPS) is 13.6. The van der Waals surface area contributed by atoms with Gasteiger partial charge in [-0.3, -0.25) is 0 Å². The van der Waals surface area contributed by atoms with Crippen LogP contribution in [-0.4, -0.2) is 41.3 Å². The Morgan fingerprint density at radius 1 is 0.695 bits per heavy atom. The quantitative estimate of drug-likeness (QED) is 0.113. The molecule has 7 aromatic rings. The second kappa shape index (κ2) is 16.6. The Morgan fingerprint density at radius 2 is 1.17 bits per heavy atom. The summed E-state index contributed by atoms with van der Waals surface area (Å²) in [6.07, 6.45) is 6.95. The molecule has 0 aliphatic heterocycles. The van der Waals surface area contributed by atoms with Crippen LogP contribution in [-0.2, 0) is 20.3 Å². The molecule has 4 heterocycles. The van der Waals surface area contributed by atoms with Crippen LogP contribution < -0.4 is 10.6 Å². The van der Waals surface area contributed by atoms with Gasteiger partial charge in [-0.05, 0) is 125 Å². The fraction of sp³-hybridized carbons (Fsp3) is 0.244. The zero-order chi connectivity index (χ0) is 42.2. The van der Waals surface area contributed by atoms with Crippen molar-refractivity contribution in [3.63, 3.8) is 0 Å². The summed E-state index contributed by atoms with van der Waals surface area (Å²) in [7, 11) is 3.76. The molecule has 0 spiro atoms. The number of benzene rings is 3. The molecule has 2 aliphatic rings. The molecule has 4 aromatic heterocycles. The number of pyridine rings is 2. The highest BCUT2D eigenvalue weighted by Crippen LogP contribution is 2.43. The molecule has 0 bridgehead atoms. The van der Waals surface area contributed by atoms with Crippen molar-refractivity contribution < 1.29 is 33.0 Å². The van der Waals surface area contributed by atoms with E-state index in [1.807, 2.05) is 55.9 Å². The van der Waals surface area contributed by atoms with Gasteiger partial charge in [-0.1, -0.05) is 32.0 Å². The smallest absolute Gasteiger partial charge is 0.417 e. The van der Waals surface area contributed by atoms with Gasteiger partial charge in [0.05, 0.1) is 16.6 Å². The summed E-state index contributed by atoms with van der Waals surface area (Å²) in [5, 5.41) is 27.2. The standard InChI is InChI=1S/C25H20F3N3O2.C18H16BrN3O2.C2H6/c1-31-9-8-15-10-17(30-23-20(24(32)33)11-16(13-29-23)14-6-7-14)12-19(22(15)31)18-4-2-3-5-21(18)25(26,27)28;1-22-5-4-11-6-13(8-15(19)16(11)22)21-17-14(18(23)24)7-12(9-20-17)10-2-3-10;1-2/h2-5,8-14H,6-7H2,1H3,(H,29,30)(H,32,33);4-10H,2-3H2,1H3,(H,20,21)(H,23,24);1-2H3. The van der Waals surface area contributed by atoms with Gasteiger partial charge in [-0.25, -0.2) is 19.6 Å². The first-order valence-corrected chi connectivity index (χ1v) is 20.0. The first-order valence-electron chi connectivity index (χ1n) is 19.3. The number of aromatic nitrogens is 4. The minimum atomic E-state index is -4.52. The summed E-state index contributed by atoms with van der Waals surface area (Å²) in [5.74, 6) is -0.746. The van der Waals surface area contributed by atoms with E-state index in [1.165, 1.54) is 12.1 Å². The second-order valence-electron chi connectivity index (χ2n) is 14.5. The van der Waals surface area contributed by atoms with Gasteiger partial charge in [0.2, 0.25) is 0 Å². The van der Waals surface area contributed by atoms with Crippen LogP contribution in [0.2, 0.25) is 0 Å². The third-order valence-corrected chi connectivity index (χ3v) is 10.9. The Labute approximate surface area is 346 Å². The van der Waals surface area contributed by atoms with Gasteiger partial charge in [0.15, 0.2) is 0 Å². The lowest BCUT2D eigenvalue weighted by Crippen LogP contribution is -2.08. The number of nitrogens with zero attached hydrogens (tertiary/aromatic N) is 4. The maximum atomic E-state index is 13.8. The minimum absolute atomic E-state index is 0.0322. The van der Waals surface area contributed by atoms with Gasteiger partial charge in [-0.15, -0.1) is 0 Å². The first-order chi connectivity index (χ1) is 28.2. The molecule has 2 fully saturated rings. The highest BCUT2D eigenvalue weighted by Gasteiger charge is 2.34. The number of alkyl halides is 3. The number of aryl methyl sites for hydroxylation is 2. The van der Waals surface area contributed by atoms with Crippen molar-refractivity contribution >= 4 is 72.7 Å². The maximum Gasteiger partial charge on any atom is 0.417 e. The zero-order valence-corrected chi connectivity index (χ0v) is 34.3. The Bertz CT molecular complexity index is 2720. The van der Waals surface area contributed by atoms with Crippen molar-refractivity contribution in [1.82, 2.24) is 19.1 Å². The molecular weight excluding hydrogens is 825 g/mol. The second-order valence-corrected chi connectivity index (χ2v) is 15.3. The number of hydrogen-bond acceptors (Lipinski definition) is 6. The number of halogens is 4. The number of fused-ring (bicyclic) bond motifs is 2. The number of aromatic carboxylic acids is 2. The molecule has 0 saturated heterocycles. The van der Waals surface area contributed by atoms with E-state index in [2.05, 4.69) is 36.5 Å².